The van der Waals surface area contributed by atoms with Crippen molar-refractivity contribution in [1.29, 1.82) is 0 Å². The number of carbonyl (C=O) groups is 3. The van der Waals surface area contributed by atoms with E-state index >= 15 is 0 Å². The minimum Gasteiger partial charge on any atom is -0.351 e. The number of pyridine rings is 1. The number of nitrogens with zero attached hydrogens (tertiary/aromatic N) is 2. The molecule has 0 saturated heterocycles. The maximum absolute atomic E-state index is 13.6. The SMILES string of the molecule is Cc1cccc(N(C(=O)CNC(=O)c2cccs2)[C@H](C(=O)NC2CCCC2)c2ccncc2)c1. The van der Waals surface area contributed by atoms with Crippen molar-refractivity contribution in [1.82, 2.24) is 15.6 Å². The number of amides is 3. The highest BCUT2D eigenvalue weighted by atomic mass is 32.1. The Balaban J connectivity index is 1.66. The molecule has 1 saturated carbocycles. The lowest BCUT2D eigenvalue weighted by atomic mass is 10.0. The molecule has 3 amide bonds. The minimum absolute atomic E-state index is 0.102. The first-order chi connectivity index (χ1) is 16.5. The van der Waals surface area contributed by atoms with E-state index in [9.17, 15) is 14.4 Å². The average Bonchev–Trinajstić information content (AvgIpc) is 3.56. The number of benzene rings is 1. The Hall–Kier alpha value is -3.52. The number of carbonyl (C=O) groups excluding carboxylic acids is 3. The lowest BCUT2D eigenvalue weighted by Crippen LogP contribution is -2.49. The Labute approximate surface area is 203 Å². The fourth-order valence-corrected chi connectivity index (χ4v) is 4.90. The van der Waals surface area contributed by atoms with Gasteiger partial charge >= 0.3 is 0 Å². The Kier molecular flexibility index (Phi) is 7.69. The van der Waals surface area contributed by atoms with E-state index in [0.29, 0.717) is 16.1 Å². The van der Waals surface area contributed by atoms with Crippen molar-refractivity contribution in [3.05, 3.63) is 82.3 Å². The highest BCUT2D eigenvalue weighted by molar-refractivity contribution is 7.12. The molecule has 1 aliphatic carbocycles. The molecule has 8 heteroatoms. The Bertz CT molecular complexity index is 1130. The molecule has 0 bridgehead atoms. The van der Waals surface area contributed by atoms with Crippen LogP contribution in [-0.4, -0.2) is 35.3 Å². The first-order valence-electron chi connectivity index (χ1n) is 11.4. The number of aromatic nitrogens is 1. The number of aryl methyl sites for hydroxylation is 1. The summed E-state index contributed by atoms with van der Waals surface area (Å²) in [6, 6.07) is 13.7. The Morgan fingerprint density at radius 1 is 1.09 bits per heavy atom. The van der Waals surface area contributed by atoms with Gasteiger partial charge in [-0.15, -0.1) is 11.3 Å². The second-order valence-electron chi connectivity index (χ2n) is 8.44. The molecule has 1 fully saturated rings. The maximum atomic E-state index is 13.6. The highest BCUT2D eigenvalue weighted by Crippen LogP contribution is 2.29. The molecule has 1 aromatic carbocycles. The molecule has 7 nitrogen and oxygen atoms in total. The fraction of sp³-hybridized carbons (Fsp3) is 0.308. The second kappa shape index (κ2) is 11.1. The zero-order chi connectivity index (χ0) is 23.9. The van der Waals surface area contributed by atoms with Gasteiger partial charge in [0.25, 0.3) is 5.91 Å². The molecule has 176 valence electrons. The lowest BCUT2D eigenvalue weighted by Gasteiger charge is -2.32. The van der Waals surface area contributed by atoms with E-state index in [1.54, 1.807) is 36.7 Å². The number of hydrogen-bond donors (Lipinski definition) is 2. The summed E-state index contributed by atoms with van der Waals surface area (Å²) >= 11 is 1.31. The van der Waals surface area contributed by atoms with Crippen LogP contribution in [0.25, 0.3) is 0 Å². The molecular formula is C26H28N4O3S. The number of hydrogen-bond acceptors (Lipinski definition) is 5. The number of rotatable bonds is 8. The predicted molar refractivity (Wildman–Crippen MR) is 133 cm³/mol. The summed E-state index contributed by atoms with van der Waals surface area (Å²) < 4.78 is 0. The van der Waals surface area contributed by atoms with Gasteiger partial charge in [0.2, 0.25) is 11.8 Å². The zero-order valence-corrected chi connectivity index (χ0v) is 19.9. The molecule has 0 radical (unpaired) electrons. The van der Waals surface area contributed by atoms with Crippen LogP contribution in [0.5, 0.6) is 0 Å². The third kappa shape index (κ3) is 5.69. The number of anilines is 1. The van der Waals surface area contributed by atoms with Gasteiger partial charge < -0.3 is 10.6 Å². The van der Waals surface area contributed by atoms with Gasteiger partial charge in [-0.05, 0) is 66.6 Å². The maximum Gasteiger partial charge on any atom is 0.261 e. The molecule has 3 aromatic rings. The fourth-order valence-electron chi connectivity index (χ4n) is 4.26. The van der Waals surface area contributed by atoms with Crippen molar-refractivity contribution in [3.63, 3.8) is 0 Å². The molecule has 0 aliphatic heterocycles. The van der Waals surface area contributed by atoms with Gasteiger partial charge in [0, 0.05) is 24.1 Å². The smallest absolute Gasteiger partial charge is 0.261 e. The molecule has 2 heterocycles. The summed E-state index contributed by atoms with van der Waals surface area (Å²) in [5.41, 5.74) is 2.21. The van der Waals surface area contributed by atoms with E-state index < -0.39 is 6.04 Å². The molecule has 34 heavy (non-hydrogen) atoms. The summed E-state index contributed by atoms with van der Waals surface area (Å²) in [5.74, 6) is -0.931. The van der Waals surface area contributed by atoms with Crippen LogP contribution in [0.4, 0.5) is 5.69 Å². The molecule has 0 unspecified atom stereocenters. The van der Waals surface area contributed by atoms with E-state index in [0.717, 1.165) is 31.2 Å². The van der Waals surface area contributed by atoms with Gasteiger partial charge in [0.05, 0.1) is 11.4 Å². The van der Waals surface area contributed by atoms with Gasteiger partial charge in [-0.2, -0.15) is 0 Å². The van der Waals surface area contributed by atoms with Crippen molar-refractivity contribution in [3.8, 4) is 0 Å². The molecule has 0 spiro atoms. The number of thiophene rings is 1. The topological polar surface area (TPSA) is 91.4 Å². The Morgan fingerprint density at radius 3 is 2.53 bits per heavy atom. The standard InChI is InChI=1S/C26H28N4O3S/c1-18-6-4-9-21(16-18)30(23(31)17-28-25(32)22-10-5-15-34-22)24(19-11-13-27-14-12-19)26(33)29-20-7-2-3-8-20/h4-6,9-16,20,24H,2-3,7-8,17H2,1H3,(H,28,32)(H,29,33)/t24-/m0/s1. The molecule has 2 aromatic heterocycles. The monoisotopic (exact) mass is 476 g/mol. The van der Waals surface area contributed by atoms with Gasteiger partial charge in [-0.3, -0.25) is 24.3 Å². The molecule has 4 rings (SSSR count). The van der Waals surface area contributed by atoms with Crippen LogP contribution in [0, 0.1) is 6.92 Å². The van der Waals surface area contributed by atoms with Gasteiger partial charge in [-0.1, -0.05) is 31.0 Å². The van der Waals surface area contributed by atoms with Crippen molar-refractivity contribution >= 4 is 34.7 Å². The largest absolute Gasteiger partial charge is 0.351 e. The van der Waals surface area contributed by atoms with E-state index in [2.05, 4.69) is 15.6 Å². The lowest BCUT2D eigenvalue weighted by molar-refractivity contribution is -0.126. The highest BCUT2D eigenvalue weighted by Gasteiger charge is 2.34. The molecule has 1 atom stereocenters. The van der Waals surface area contributed by atoms with Crippen LogP contribution < -0.4 is 15.5 Å². The summed E-state index contributed by atoms with van der Waals surface area (Å²) in [6.45, 7) is 1.70. The quantitative estimate of drug-likeness (QED) is 0.514. The molecule has 1 aliphatic rings. The minimum atomic E-state index is -0.892. The third-order valence-corrected chi connectivity index (χ3v) is 6.79. The summed E-state index contributed by atoms with van der Waals surface area (Å²) in [7, 11) is 0. The van der Waals surface area contributed by atoms with Crippen LogP contribution in [0.3, 0.4) is 0 Å². The second-order valence-corrected chi connectivity index (χ2v) is 9.38. The third-order valence-electron chi connectivity index (χ3n) is 5.92. The van der Waals surface area contributed by atoms with E-state index in [1.807, 2.05) is 36.6 Å². The number of nitrogens with one attached hydrogen (secondary N) is 2. The summed E-state index contributed by atoms with van der Waals surface area (Å²) in [6.07, 6.45) is 7.26. The van der Waals surface area contributed by atoms with E-state index in [-0.39, 0.29) is 30.3 Å². The predicted octanol–water partition coefficient (Wildman–Crippen LogP) is 4.01. The van der Waals surface area contributed by atoms with Crippen LogP contribution in [-0.2, 0) is 9.59 Å². The summed E-state index contributed by atoms with van der Waals surface area (Å²) in [4.78, 5) is 45.8. The van der Waals surface area contributed by atoms with Crippen molar-refractivity contribution in [2.24, 2.45) is 0 Å². The van der Waals surface area contributed by atoms with Crippen molar-refractivity contribution < 1.29 is 14.4 Å². The van der Waals surface area contributed by atoms with Crippen molar-refractivity contribution in [2.45, 2.75) is 44.7 Å². The van der Waals surface area contributed by atoms with Gasteiger partial charge in [0.1, 0.15) is 6.04 Å². The van der Waals surface area contributed by atoms with Crippen molar-refractivity contribution in [2.75, 3.05) is 11.4 Å². The normalized spacial score (nSPS) is 14.4. The first kappa shape index (κ1) is 23.6. The zero-order valence-electron chi connectivity index (χ0n) is 19.1. The summed E-state index contributed by atoms with van der Waals surface area (Å²) in [5, 5.41) is 7.66. The molecular weight excluding hydrogens is 448 g/mol. The van der Waals surface area contributed by atoms with Crippen LogP contribution in [0.1, 0.15) is 52.5 Å². The van der Waals surface area contributed by atoms with Gasteiger partial charge in [-0.25, -0.2) is 0 Å². The van der Waals surface area contributed by atoms with Crippen LogP contribution >= 0.6 is 11.3 Å². The first-order valence-corrected chi connectivity index (χ1v) is 12.3. The molecule has 2 N–H and O–H groups in total. The van der Waals surface area contributed by atoms with Crippen LogP contribution in [0.15, 0.2) is 66.3 Å². The van der Waals surface area contributed by atoms with E-state index in [4.69, 9.17) is 0 Å². The van der Waals surface area contributed by atoms with Crippen LogP contribution in [0.2, 0.25) is 0 Å². The Morgan fingerprint density at radius 2 is 1.85 bits per heavy atom. The van der Waals surface area contributed by atoms with E-state index in [1.165, 1.54) is 16.2 Å². The van der Waals surface area contributed by atoms with Gasteiger partial charge in [0.15, 0.2) is 0 Å². The average molecular weight is 477 g/mol.